The normalized spacial score (nSPS) is 16.2. The van der Waals surface area contributed by atoms with Crippen LogP contribution in [0.15, 0.2) is 12.3 Å². The lowest BCUT2D eigenvalue weighted by molar-refractivity contribution is 1.28. The molecule has 0 aliphatic carbocycles. The molecule has 0 aromatic carbocycles. The van der Waals surface area contributed by atoms with E-state index in [0.29, 0.717) is 0 Å². The van der Waals surface area contributed by atoms with Gasteiger partial charge in [-0.05, 0) is 0 Å². The Balaban J connectivity index is 3.29. The summed E-state index contributed by atoms with van der Waals surface area (Å²) < 4.78 is 0. The van der Waals surface area contributed by atoms with Crippen molar-refractivity contribution in [2.75, 3.05) is 0 Å². The highest BCUT2D eigenvalue weighted by Gasteiger charge is 2.04. The van der Waals surface area contributed by atoms with E-state index in [-0.39, 0.29) is 8.80 Å². The fourth-order valence-corrected chi connectivity index (χ4v) is 10.1. The maximum atomic E-state index is 3.87. The van der Waals surface area contributed by atoms with Gasteiger partial charge in [-0.15, -0.1) is 12.3 Å². The van der Waals surface area contributed by atoms with Gasteiger partial charge in [-0.1, -0.05) is 37.3 Å². The lowest BCUT2D eigenvalue weighted by atomic mass is 10.9. The average Bonchev–Trinajstić information content (AvgIpc) is 2.01. The Morgan fingerprint density at radius 1 is 1.27 bits per heavy atom. The Bertz CT molecular complexity index is 104. The molecule has 0 heterocycles. The molecule has 2 unspecified atom stereocenters. The highest BCUT2D eigenvalue weighted by Crippen LogP contribution is 2.08. The van der Waals surface area contributed by atoms with Crippen LogP contribution in [0.3, 0.4) is 0 Å². The smallest absolute Gasteiger partial charge is 0.0574 e. The lowest BCUT2D eigenvalue weighted by Gasteiger charge is -2.09. The highest BCUT2D eigenvalue weighted by atomic mass is 28.3. The molecule has 0 aliphatic heterocycles. The van der Waals surface area contributed by atoms with Gasteiger partial charge in [-0.25, -0.2) is 0 Å². The van der Waals surface area contributed by atoms with E-state index in [1.54, 1.807) is 12.1 Å². The van der Waals surface area contributed by atoms with E-state index < -0.39 is 8.80 Å². The lowest BCUT2D eigenvalue weighted by Crippen LogP contribution is -2.10. The maximum Gasteiger partial charge on any atom is 0.0574 e. The average molecular weight is 203 g/mol. The molecule has 0 spiro atoms. The Kier molecular flexibility index (Phi) is 7.31. The molecule has 0 bridgehead atoms. The van der Waals surface area contributed by atoms with Crippen LogP contribution in [0.5, 0.6) is 0 Å². The summed E-state index contributed by atoms with van der Waals surface area (Å²) in [6.07, 6.45) is 0. The third kappa shape index (κ3) is 6.78. The molecule has 2 atom stereocenters. The minimum absolute atomic E-state index is 0.251. The molecule has 0 aromatic heterocycles. The Labute approximate surface area is 77.7 Å². The Hall–Kier alpha value is 0.391. The van der Waals surface area contributed by atoms with Crippen molar-refractivity contribution in [2.45, 2.75) is 37.3 Å². The first-order valence-electron chi connectivity index (χ1n) is 4.83. The molecule has 0 saturated heterocycles. The van der Waals surface area contributed by atoms with Crippen LogP contribution < -0.4 is 0 Å². The summed E-state index contributed by atoms with van der Waals surface area (Å²) in [6, 6.07) is 6.25. The number of rotatable bonds is 6. The number of hydrogen-bond donors (Lipinski definition) is 0. The van der Waals surface area contributed by atoms with Crippen LogP contribution in [-0.4, -0.2) is 27.8 Å². The van der Waals surface area contributed by atoms with Gasteiger partial charge in [-0.3, -0.25) is 0 Å². The predicted molar refractivity (Wildman–Crippen MR) is 65.4 cm³/mol. The number of hydrogen-bond acceptors (Lipinski definition) is 0. The molecule has 3 heteroatoms. The van der Waals surface area contributed by atoms with Gasteiger partial charge in [0, 0.05) is 19.0 Å². The van der Waals surface area contributed by atoms with Crippen LogP contribution in [-0.2, 0) is 0 Å². The topological polar surface area (TPSA) is 0 Å². The molecule has 0 fully saturated rings. The van der Waals surface area contributed by atoms with Crippen molar-refractivity contribution in [2.24, 2.45) is 0 Å². The Morgan fingerprint density at radius 2 is 1.91 bits per heavy atom. The predicted octanol–water partition coefficient (Wildman–Crippen LogP) is 1.21. The van der Waals surface area contributed by atoms with Gasteiger partial charge in [0.2, 0.25) is 0 Å². The second-order valence-corrected chi connectivity index (χ2v) is 11.1. The van der Waals surface area contributed by atoms with Gasteiger partial charge in [0.15, 0.2) is 0 Å². The largest absolute Gasteiger partial charge is 0.107 e. The molecule has 0 saturated carbocycles. The SMILES string of the molecule is C=C[SiH](C)CC[SiH](C)CC[SiH3]. The molecule has 11 heavy (non-hydrogen) atoms. The van der Waals surface area contributed by atoms with Crippen LogP contribution >= 0.6 is 0 Å². The first kappa shape index (κ1) is 11.4. The maximum absolute atomic E-state index is 3.87. The van der Waals surface area contributed by atoms with Crippen LogP contribution in [0.2, 0.25) is 37.3 Å². The summed E-state index contributed by atoms with van der Waals surface area (Å²) >= 11 is 0. The standard InChI is InChI=1S/C8H22Si3/c1-4-10(2)7-8-11(3)6-5-9/h4,10-11H,1,5-8H2,2-3,9H3. The van der Waals surface area contributed by atoms with E-state index in [1.165, 1.54) is 22.3 Å². The van der Waals surface area contributed by atoms with E-state index in [2.05, 4.69) is 25.4 Å². The van der Waals surface area contributed by atoms with Crippen molar-refractivity contribution in [3.63, 3.8) is 0 Å². The van der Waals surface area contributed by atoms with Crippen LogP contribution in [0.1, 0.15) is 0 Å². The minimum atomic E-state index is -0.452. The third-order valence-electron chi connectivity index (χ3n) is 2.30. The summed E-state index contributed by atoms with van der Waals surface area (Å²) in [7, 11) is 0.714. The Morgan fingerprint density at radius 3 is 2.36 bits per heavy atom. The molecular formula is C8H22Si3. The second kappa shape index (κ2) is 7.06. The fourth-order valence-electron chi connectivity index (χ4n) is 1.30. The fraction of sp³-hybridized carbons (Fsp3) is 0.750. The van der Waals surface area contributed by atoms with E-state index in [4.69, 9.17) is 0 Å². The van der Waals surface area contributed by atoms with Gasteiger partial charge in [-0.2, -0.15) is 0 Å². The van der Waals surface area contributed by atoms with E-state index >= 15 is 0 Å². The van der Waals surface area contributed by atoms with Crippen LogP contribution in [0, 0.1) is 0 Å². The molecule has 0 rings (SSSR count). The highest BCUT2D eigenvalue weighted by molar-refractivity contribution is 6.66. The van der Waals surface area contributed by atoms with Gasteiger partial charge < -0.3 is 0 Å². The van der Waals surface area contributed by atoms with Crippen LogP contribution in [0.25, 0.3) is 0 Å². The van der Waals surface area contributed by atoms with E-state index in [0.717, 1.165) is 0 Å². The van der Waals surface area contributed by atoms with Crippen molar-refractivity contribution in [1.29, 1.82) is 0 Å². The molecule has 0 amide bonds. The monoisotopic (exact) mass is 202 g/mol. The van der Waals surface area contributed by atoms with Crippen molar-refractivity contribution in [3.8, 4) is 0 Å². The van der Waals surface area contributed by atoms with Gasteiger partial charge in [0.05, 0.1) is 8.80 Å². The van der Waals surface area contributed by atoms with Crippen molar-refractivity contribution in [3.05, 3.63) is 12.3 Å². The molecule has 0 aromatic rings. The first-order chi connectivity index (χ1) is 5.20. The quantitative estimate of drug-likeness (QED) is 0.568. The zero-order valence-corrected chi connectivity index (χ0v) is 12.6. The molecule has 0 radical (unpaired) electrons. The van der Waals surface area contributed by atoms with E-state index in [1.807, 2.05) is 0 Å². The van der Waals surface area contributed by atoms with Crippen molar-refractivity contribution < 1.29 is 0 Å². The van der Waals surface area contributed by atoms with Gasteiger partial charge in [0.1, 0.15) is 0 Å². The van der Waals surface area contributed by atoms with Crippen molar-refractivity contribution in [1.82, 2.24) is 0 Å². The summed E-state index contributed by atoms with van der Waals surface area (Å²) in [6.45, 7) is 8.81. The first-order valence-corrected chi connectivity index (χ1v) is 11.7. The minimum Gasteiger partial charge on any atom is -0.107 e. The summed E-state index contributed by atoms with van der Waals surface area (Å²) in [5.41, 5.74) is 2.22. The van der Waals surface area contributed by atoms with Gasteiger partial charge in [0.25, 0.3) is 0 Å². The van der Waals surface area contributed by atoms with Crippen LogP contribution in [0.4, 0.5) is 0 Å². The molecule has 0 N–H and O–H groups in total. The molecule has 66 valence electrons. The summed E-state index contributed by atoms with van der Waals surface area (Å²) in [4.78, 5) is 0. The van der Waals surface area contributed by atoms with E-state index in [9.17, 15) is 0 Å². The molecule has 0 nitrogen and oxygen atoms in total. The zero-order chi connectivity index (χ0) is 8.69. The second-order valence-electron chi connectivity index (χ2n) is 3.68. The third-order valence-corrected chi connectivity index (χ3v) is 9.63. The van der Waals surface area contributed by atoms with Crippen molar-refractivity contribution >= 4 is 27.8 Å². The molecule has 0 aliphatic rings. The molecular weight excluding hydrogens is 180 g/mol. The summed E-state index contributed by atoms with van der Waals surface area (Å²) in [5.74, 6) is 0. The van der Waals surface area contributed by atoms with Gasteiger partial charge >= 0.3 is 0 Å². The summed E-state index contributed by atoms with van der Waals surface area (Å²) in [5, 5.41) is 0. The zero-order valence-electron chi connectivity index (χ0n) is 8.27.